The SMILES string of the molecule is O=C(NCC(c1ccccc1Cl)N1CCCC1)c1ccccc1. The van der Waals surface area contributed by atoms with Crippen LogP contribution in [-0.4, -0.2) is 30.4 Å². The van der Waals surface area contributed by atoms with Crippen molar-refractivity contribution in [3.05, 3.63) is 70.7 Å². The third-order valence-electron chi connectivity index (χ3n) is 4.34. The van der Waals surface area contributed by atoms with Gasteiger partial charge in [-0.2, -0.15) is 0 Å². The Morgan fingerprint density at radius 1 is 1.04 bits per heavy atom. The maximum atomic E-state index is 12.3. The van der Waals surface area contributed by atoms with Crippen molar-refractivity contribution in [3.8, 4) is 0 Å². The number of carbonyl (C=O) groups excluding carboxylic acids is 1. The summed E-state index contributed by atoms with van der Waals surface area (Å²) < 4.78 is 0. The number of hydrogen-bond donors (Lipinski definition) is 1. The van der Waals surface area contributed by atoms with Gasteiger partial charge in [0.05, 0.1) is 6.04 Å². The Kier molecular flexibility index (Phi) is 5.31. The van der Waals surface area contributed by atoms with Gasteiger partial charge in [-0.3, -0.25) is 9.69 Å². The summed E-state index contributed by atoms with van der Waals surface area (Å²) in [7, 11) is 0. The average Bonchev–Trinajstić information content (AvgIpc) is 3.11. The molecule has 0 bridgehead atoms. The molecule has 3 rings (SSSR count). The van der Waals surface area contributed by atoms with Crippen LogP contribution in [0.5, 0.6) is 0 Å². The molecule has 1 heterocycles. The zero-order valence-corrected chi connectivity index (χ0v) is 13.8. The van der Waals surface area contributed by atoms with Crippen molar-refractivity contribution >= 4 is 17.5 Å². The molecule has 2 aromatic carbocycles. The monoisotopic (exact) mass is 328 g/mol. The standard InChI is InChI=1S/C19H21ClN2O/c20-17-11-5-4-10-16(17)18(22-12-6-7-13-22)14-21-19(23)15-8-2-1-3-9-15/h1-5,8-11,18H,6-7,12-14H2,(H,21,23). The zero-order valence-electron chi connectivity index (χ0n) is 13.0. The second-order valence-corrected chi connectivity index (χ2v) is 6.26. The van der Waals surface area contributed by atoms with Crippen LogP contribution in [0.2, 0.25) is 5.02 Å². The quantitative estimate of drug-likeness (QED) is 0.902. The van der Waals surface area contributed by atoms with E-state index in [2.05, 4.69) is 16.3 Å². The number of amides is 1. The van der Waals surface area contributed by atoms with E-state index in [0.717, 1.165) is 23.7 Å². The average molecular weight is 329 g/mol. The first-order chi connectivity index (χ1) is 11.3. The van der Waals surface area contributed by atoms with Gasteiger partial charge in [-0.05, 0) is 49.7 Å². The number of carbonyl (C=O) groups is 1. The second-order valence-electron chi connectivity index (χ2n) is 5.86. The van der Waals surface area contributed by atoms with Crippen molar-refractivity contribution < 1.29 is 4.79 Å². The third kappa shape index (κ3) is 3.92. The second kappa shape index (κ2) is 7.62. The highest BCUT2D eigenvalue weighted by atomic mass is 35.5. The first kappa shape index (κ1) is 16.0. The Bertz CT molecular complexity index is 653. The highest BCUT2D eigenvalue weighted by Gasteiger charge is 2.25. The third-order valence-corrected chi connectivity index (χ3v) is 4.68. The van der Waals surface area contributed by atoms with Gasteiger partial charge in [0.1, 0.15) is 0 Å². The van der Waals surface area contributed by atoms with Crippen molar-refractivity contribution in [1.82, 2.24) is 10.2 Å². The van der Waals surface area contributed by atoms with Gasteiger partial charge >= 0.3 is 0 Å². The lowest BCUT2D eigenvalue weighted by Crippen LogP contribution is -2.37. The van der Waals surface area contributed by atoms with E-state index in [9.17, 15) is 4.79 Å². The Morgan fingerprint density at radius 2 is 1.70 bits per heavy atom. The zero-order chi connectivity index (χ0) is 16.1. The molecule has 1 unspecified atom stereocenters. The maximum Gasteiger partial charge on any atom is 0.251 e. The van der Waals surface area contributed by atoms with Crippen LogP contribution in [0.4, 0.5) is 0 Å². The van der Waals surface area contributed by atoms with Crippen molar-refractivity contribution in [2.75, 3.05) is 19.6 Å². The van der Waals surface area contributed by atoms with Gasteiger partial charge in [-0.25, -0.2) is 0 Å². The molecule has 1 fully saturated rings. The van der Waals surface area contributed by atoms with Crippen LogP contribution in [0.15, 0.2) is 54.6 Å². The van der Waals surface area contributed by atoms with E-state index in [1.807, 2.05) is 48.5 Å². The summed E-state index contributed by atoms with van der Waals surface area (Å²) in [5.74, 6) is -0.0400. The minimum Gasteiger partial charge on any atom is -0.350 e. The summed E-state index contributed by atoms with van der Waals surface area (Å²) in [5, 5.41) is 3.82. The molecule has 2 aromatic rings. The molecular weight excluding hydrogens is 308 g/mol. The minimum absolute atomic E-state index is 0.0400. The van der Waals surface area contributed by atoms with Gasteiger partial charge in [0.25, 0.3) is 5.91 Å². The lowest BCUT2D eigenvalue weighted by Gasteiger charge is -2.29. The fourth-order valence-corrected chi connectivity index (χ4v) is 3.38. The summed E-state index contributed by atoms with van der Waals surface area (Å²) in [6, 6.07) is 17.4. The molecule has 0 saturated carbocycles. The lowest BCUT2D eigenvalue weighted by atomic mass is 10.1. The summed E-state index contributed by atoms with van der Waals surface area (Å²) in [6.07, 6.45) is 2.40. The molecule has 3 nitrogen and oxygen atoms in total. The van der Waals surface area contributed by atoms with Gasteiger partial charge < -0.3 is 5.32 Å². The first-order valence-corrected chi connectivity index (χ1v) is 8.45. The van der Waals surface area contributed by atoms with Crippen molar-refractivity contribution in [2.45, 2.75) is 18.9 Å². The van der Waals surface area contributed by atoms with Crippen LogP contribution in [0.3, 0.4) is 0 Å². The van der Waals surface area contributed by atoms with E-state index in [1.54, 1.807) is 0 Å². The van der Waals surface area contributed by atoms with E-state index in [-0.39, 0.29) is 11.9 Å². The molecule has 0 radical (unpaired) electrons. The van der Waals surface area contributed by atoms with Gasteiger partial charge in [-0.15, -0.1) is 0 Å². The smallest absolute Gasteiger partial charge is 0.251 e. The van der Waals surface area contributed by atoms with Crippen molar-refractivity contribution in [1.29, 1.82) is 0 Å². The summed E-state index contributed by atoms with van der Waals surface area (Å²) >= 11 is 6.39. The number of likely N-dealkylation sites (tertiary alicyclic amines) is 1. The van der Waals surface area contributed by atoms with Crippen molar-refractivity contribution in [3.63, 3.8) is 0 Å². The van der Waals surface area contributed by atoms with Crippen LogP contribution in [0.1, 0.15) is 34.8 Å². The van der Waals surface area contributed by atoms with Gasteiger partial charge in [0.2, 0.25) is 0 Å². The number of halogens is 1. The van der Waals surface area contributed by atoms with Crippen LogP contribution in [-0.2, 0) is 0 Å². The van der Waals surface area contributed by atoms with Crippen molar-refractivity contribution in [2.24, 2.45) is 0 Å². The maximum absolute atomic E-state index is 12.3. The predicted molar refractivity (Wildman–Crippen MR) is 93.8 cm³/mol. The van der Waals surface area contributed by atoms with E-state index < -0.39 is 0 Å². The highest BCUT2D eigenvalue weighted by molar-refractivity contribution is 6.31. The number of nitrogens with one attached hydrogen (secondary N) is 1. The molecule has 4 heteroatoms. The first-order valence-electron chi connectivity index (χ1n) is 8.07. The molecule has 1 amide bonds. The number of nitrogens with zero attached hydrogens (tertiary/aromatic N) is 1. The Balaban J connectivity index is 1.74. The molecule has 1 aliphatic rings. The summed E-state index contributed by atoms with van der Waals surface area (Å²) in [5.41, 5.74) is 1.77. The van der Waals surface area contributed by atoms with Crippen LogP contribution in [0, 0.1) is 0 Å². The van der Waals surface area contributed by atoms with E-state index in [0.29, 0.717) is 12.1 Å². The van der Waals surface area contributed by atoms with E-state index in [4.69, 9.17) is 11.6 Å². The molecule has 0 aromatic heterocycles. The summed E-state index contributed by atoms with van der Waals surface area (Å²) in [4.78, 5) is 14.7. The van der Waals surface area contributed by atoms with Gasteiger partial charge in [0.15, 0.2) is 0 Å². The van der Waals surface area contributed by atoms with Crippen LogP contribution < -0.4 is 5.32 Å². The fourth-order valence-electron chi connectivity index (χ4n) is 3.12. The Labute approximate surface area is 142 Å². The molecule has 120 valence electrons. The highest BCUT2D eigenvalue weighted by Crippen LogP contribution is 2.29. The molecule has 1 saturated heterocycles. The van der Waals surface area contributed by atoms with Gasteiger partial charge in [-0.1, -0.05) is 48.0 Å². The Hall–Kier alpha value is -1.84. The predicted octanol–water partition coefficient (Wildman–Crippen LogP) is 3.91. The fraction of sp³-hybridized carbons (Fsp3) is 0.316. The molecule has 1 aliphatic heterocycles. The number of benzene rings is 2. The number of rotatable bonds is 5. The van der Waals surface area contributed by atoms with Gasteiger partial charge in [0, 0.05) is 17.1 Å². The lowest BCUT2D eigenvalue weighted by molar-refractivity contribution is 0.0938. The largest absolute Gasteiger partial charge is 0.350 e. The van der Waals surface area contributed by atoms with E-state index in [1.165, 1.54) is 12.8 Å². The molecular formula is C19H21ClN2O. The molecule has 23 heavy (non-hydrogen) atoms. The molecule has 0 aliphatic carbocycles. The minimum atomic E-state index is -0.0400. The Morgan fingerprint density at radius 3 is 2.39 bits per heavy atom. The normalized spacial score (nSPS) is 16.2. The number of hydrogen-bond acceptors (Lipinski definition) is 2. The van der Waals surface area contributed by atoms with Crippen LogP contribution >= 0.6 is 11.6 Å². The van der Waals surface area contributed by atoms with E-state index >= 15 is 0 Å². The van der Waals surface area contributed by atoms with Crippen LogP contribution in [0.25, 0.3) is 0 Å². The molecule has 1 N–H and O–H groups in total. The molecule has 0 spiro atoms. The molecule has 1 atom stereocenters. The topological polar surface area (TPSA) is 32.3 Å². The summed E-state index contributed by atoms with van der Waals surface area (Å²) in [6.45, 7) is 2.67.